The number of hydrogen-bond donors (Lipinski definition) is 1. The van der Waals surface area contributed by atoms with E-state index in [0.29, 0.717) is 61.5 Å². The van der Waals surface area contributed by atoms with E-state index in [4.69, 9.17) is 28.4 Å². The molecule has 8 nitrogen and oxygen atoms in total. The van der Waals surface area contributed by atoms with Crippen molar-refractivity contribution < 1.29 is 33.2 Å². The number of hydrogen-bond acceptors (Lipinski definition) is 7. The van der Waals surface area contributed by atoms with Crippen molar-refractivity contribution in [2.75, 3.05) is 45.0 Å². The Kier molecular flexibility index (Phi) is 9.48. The minimum Gasteiger partial charge on any atom is -0.487 e. The Morgan fingerprint density at radius 1 is 0.730 bits per heavy atom. The van der Waals surface area contributed by atoms with Crippen molar-refractivity contribution in [3.63, 3.8) is 0 Å². The summed E-state index contributed by atoms with van der Waals surface area (Å²) in [5, 5.41) is 2.79. The Hall–Kier alpha value is -3.91. The molecular weight excluding hydrogens is 474 g/mol. The van der Waals surface area contributed by atoms with Gasteiger partial charge in [-0.2, -0.15) is 0 Å². The van der Waals surface area contributed by atoms with Gasteiger partial charge in [0.25, 0.3) is 0 Å². The van der Waals surface area contributed by atoms with Crippen LogP contribution < -0.4 is 24.3 Å². The number of benzene rings is 3. The van der Waals surface area contributed by atoms with E-state index in [0.717, 1.165) is 6.42 Å². The highest BCUT2D eigenvalue weighted by Gasteiger charge is 2.37. The van der Waals surface area contributed by atoms with Crippen LogP contribution in [0.4, 0.5) is 10.5 Å². The number of carbonyl (C=O) groups is 1. The molecule has 1 amide bonds. The average Bonchev–Trinajstić information content (AvgIpc) is 2.91. The maximum Gasteiger partial charge on any atom is 0.412 e. The molecule has 0 spiro atoms. The van der Waals surface area contributed by atoms with Gasteiger partial charge in [-0.25, -0.2) is 4.79 Å². The number of amides is 1. The van der Waals surface area contributed by atoms with Crippen molar-refractivity contribution in [3.05, 3.63) is 78.9 Å². The maximum atomic E-state index is 13.0. The summed E-state index contributed by atoms with van der Waals surface area (Å²) < 4.78 is 35.9. The number of ether oxygens (including phenoxy) is 6. The van der Waals surface area contributed by atoms with E-state index in [1.165, 1.54) is 0 Å². The highest BCUT2D eigenvalue weighted by Crippen LogP contribution is 2.32. The van der Waals surface area contributed by atoms with Crippen LogP contribution in [0, 0.1) is 0 Å². The highest BCUT2D eigenvalue weighted by atomic mass is 16.6. The van der Waals surface area contributed by atoms with Gasteiger partial charge >= 0.3 is 6.09 Å². The van der Waals surface area contributed by atoms with Gasteiger partial charge in [0, 0.05) is 5.69 Å². The largest absolute Gasteiger partial charge is 0.487 e. The number of carbonyl (C=O) groups excluding carboxylic acids is 1. The molecule has 0 aliphatic carbocycles. The summed E-state index contributed by atoms with van der Waals surface area (Å²) in [5.41, 5.74) is -0.456. The van der Waals surface area contributed by atoms with E-state index in [1.807, 2.05) is 73.7 Å². The maximum absolute atomic E-state index is 13.0. The van der Waals surface area contributed by atoms with Crippen LogP contribution >= 0.6 is 0 Å². The van der Waals surface area contributed by atoms with Gasteiger partial charge in [-0.15, -0.1) is 0 Å². The predicted molar refractivity (Wildman–Crippen MR) is 140 cm³/mol. The lowest BCUT2D eigenvalue weighted by molar-refractivity contribution is -0.0533. The molecule has 0 aromatic heterocycles. The molecule has 37 heavy (non-hydrogen) atoms. The lowest BCUT2D eigenvalue weighted by atomic mass is 9.99. The van der Waals surface area contributed by atoms with Gasteiger partial charge in [0.05, 0.1) is 13.2 Å². The number of rotatable bonds is 4. The number of fused-ring (bicyclic) bond motifs is 2. The Bertz CT molecular complexity index is 1070. The van der Waals surface area contributed by atoms with Crippen molar-refractivity contribution in [1.82, 2.24) is 0 Å². The van der Waals surface area contributed by atoms with E-state index in [-0.39, 0.29) is 13.2 Å². The van der Waals surface area contributed by atoms with Crippen LogP contribution in [0.1, 0.15) is 19.8 Å². The van der Waals surface area contributed by atoms with Crippen LogP contribution in [0.15, 0.2) is 78.9 Å². The molecule has 0 atom stereocenters. The molecule has 196 valence electrons. The molecule has 0 radical (unpaired) electrons. The third-order valence-corrected chi connectivity index (χ3v) is 5.69. The molecule has 3 aromatic rings. The van der Waals surface area contributed by atoms with Gasteiger partial charge in [-0.3, -0.25) is 5.32 Å². The molecule has 1 aliphatic rings. The summed E-state index contributed by atoms with van der Waals surface area (Å²) in [4.78, 5) is 13.0. The van der Waals surface area contributed by atoms with Crippen LogP contribution in [0.2, 0.25) is 0 Å². The summed E-state index contributed by atoms with van der Waals surface area (Å²) in [6, 6.07) is 23.9. The molecule has 1 heterocycles. The molecule has 4 rings (SSSR count). The Labute approximate surface area is 217 Å². The third-order valence-electron chi connectivity index (χ3n) is 5.69. The van der Waals surface area contributed by atoms with Crippen LogP contribution in [-0.2, 0) is 9.47 Å². The fraction of sp³-hybridized carbons (Fsp3) is 0.345. The van der Waals surface area contributed by atoms with Crippen molar-refractivity contribution >= 4 is 11.8 Å². The van der Waals surface area contributed by atoms with Crippen LogP contribution in [0.25, 0.3) is 0 Å². The van der Waals surface area contributed by atoms with E-state index in [1.54, 1.807) is 12.1 Å². The van der Waals surface area contributed by atoms with Gasteiger partial charge < -0.3 is 28.4 Å². The normalized spacial score (nSPS) is 15.8. The van der Waals surface area contributed by atoms with Crippen LogP contribution in [-0.4, -0.2) is 51.3 Å². The van der Waals surface area contributed by atoms with E-state index >= 15 is 0 Å². The Balaban J connectivity index is 1.61. The molecule has 0 fully saturated rings. The first-order valence-corrected chi connectivity index (χ1v) is 12.5. The molecule has 1 aliphatic heterocycles. The molecule has 1 N–H and O–H groups in total. The van der Waals surface area contributed by atoms with Gasteiger partial charge in [-0.1, -0.05) is 55.8 Å². The predicted octanol–water partition coefficient (Wildman–Crippen LogP) is 5.72. The molecule has 3 aromatic carbocycles. The quantitative estimate of drug-likeness (QED) is 0.483. The fourth-order valence-corrected chi connectivity index (χ4v) is 3.93. The standard InChI is InChI=1S/C29H33NO7/c1-2-16-29(37-28(31)30-23-10-4-3-5-11-23)21-35-26-14-8-6-12-24(26)33-19-17-32-18-20-34-25-13-7-9-15-27(25)36-22-29/h3-15H,2,16-22H2,1H3,(H,30,31). The molecule has 0 unspecified atom stereocenters. The van der Waals surface area contributed by atoms with Crippen molar-refractivity contribution in [2.45, 2.75) is 25.4 Å². The van der Waals surface area contributed by atoms with Crippen molar-refractivity contribution in [3.8, 4) is 23.0 Å². The van der Waals surface area contributed by atoms with Crippen LogP contribution in [0.5, 0.6) is 23.0 Å². The first-order valence-electron chi connectivity index (χ1n) is 12.5. The minimum absolute atomic E-state index is 0.0585. The second kappa shape index (κ2) is 13.4. The zero-order valence-corrected chi connectivity index (χ0v) is 21.0. The SMILES string of the molecule is CCCC1(OC(=O)Nc2ccccc2)COc2ccccc2OCCOCCOc2ccccc2OC1. The second-order valence-electron chi connectivity index (χ2n) is 8.59. The van der Waals surface area contributed by atoms with E-state index < -0.39 is 11.7 Å². The third kappa shape index (κ3) is 7.79. The highest BCUT2D eigenvalue weighted by molar-refractivity contribution is 5.84. The zero-order chi connectivity index (χ0) is 25.8. The first kappa shape index (κ1) is 26.2. The minimum atomic E-state index is -1.09. The monoisotopic (exact) mass is 507 g/mol. The second-order valence-corrected chi connectivity index (χ2v) is 8.59. The van der Waals surface area contributed by atoms with Crippen LogP contribution in [0.3, 0.4) is 0 Å². The molecule has 0 saturated carbocycles. The van der Waals surface area contributed by atoms with E-state index in [2.05, 4.69) is 5.32 Å². The smallest absolute Gasteiger partial charge is 0.412 e. The Morgan fingerprint density at radius 3 is 1.73 bits per heavy atom. The van der Waals surface area contributed by atoms with Crippen molar-refractivity contribution in [1.29, 1.82) is 0 Å². The summed E-state index contributed by atoms with van der Waals surface area (Å²) in [6.07, 6.45) is 0.654. The summed E-state index contributed by atoms with van der Waals surface area (Å²) in [6.45, 7) is 3.66. The summed E-state index contributed by atoms with van der Waals surface area (Å²) >= 11 is 0. The lowest BCUT2D eigenvalue weighted by Gasteiger charge is -2.33. The number of nitrogens with one attached hydrogen (secondary N) is 1. The lowest BCUT2D eigenvalue weighted by Crippen LogP contribution is -2.47. The molecule has 0 saturated heterocycles. The summed E-state index contributed by atoms with van der Waals surface area (Å²) in [5.74, 6) is 2.26. The zero-order valence-electron chi connectivity index (χ0n) is 21.0. The van der Waals surface area contributed by atoms with Gasteiger partial charge in [0.1, 0.15) is 26.4 Å². The first-order chi connectivity index (χ1) is 18.2. The number of anilines is 1. The van der Waals surface area contributed by atoms with Crippen molar-refractivity contribution in [2.24, 2.45) is 0 Å². The molecule has 0 bridgehead atoms. The van der Waals surface area contributed by atoms with E-state index in [9.17, 15) is 4.79 Å². The van der Waals surface area contributed by atoms with Gasteiger partial charge in [0.15, 0.2) is 28.6 Å². The molecular formula is C29H33NO7. The number of para-hydroxylation sites is 5. The topological polar surface area (TPSA) is 84.5 Å². The fourth-order valence-electron chi connectivity index (χ4n) is 3.93. The Morgan fingerprint density at radius 2 is 1.22 bits per heavy atom. The molecule has 8 heteroatoms. The van der Waals surface area contributed by atoms with Gasteiger partial charge in [-0.05, 0) is 42.8 Å². The summed E-state index contributed by atoms with van der Waals surface area (Å²) in [7, 11) is 0. The average molecular weight is 508 g/mol. The van der Waals surface area contributed by atoms with Gasteiger partial charge in [0.2, 0.25) is 0 Å².